The van der Waals surface area contributed by atoms with Crippen molar-refractivity contribution in [2.45, 2.75) is 39.4 Å². The van der Waals surface area contributed by atoms with Crippen LogP contribution in [0.25, 0.3) is 21.6 Å². The molecule has 0 aromatic heterocycles. The molecule has 0 spiro atoms. The molecular formula is C24H28Cl2NSiTi. The Morgan fingerprint density at radius 1 is 0.966 bits per heavy atom. The molecule has 151 valence electrons. The smallest absolute Gasteiger partial charge is 1.00 e. The molecule has 2 aromatic rings. The van der Waals surface area contributed by atoms with Crippen molar-refractivity contribution in [2.75, 3.05) is 0 Å². The van der Waals surface area contributed by atoms with E-state index in [1.54, 1.807) is 3.88 Å². The van der Waals surface area contributed by atoms with Crippen LogP contribution in [0.2, 0.25) is 13.1 Å². The van der Waals surface area contributed by atoms with Crippen LogP contribution in [-0.4, -0.2) is 12.2 Å². The summed E-state index contributed by atoms with van der Waals surface area (Å²) < 4.78 is 5.74. The van der Waals surface area contributed by atoms with Crippen LogP contribution in [0.3, 0.4) is 0 Å². The molecule has 0 unspecified atom stereocenters. The molecule has 0 atom stereocenters. The molecule has 0 saturated heterocycles. The van der Waals surface area contributed by atoms with Gasteiger partial charge in [-0.15, -0.1) is 0 Å². The number of allylic oxidation sites excluding steroid dienone is 2. The second-order valence-corrected chi connectivity index (χ2v) is 21.5. The molecule has 0 amide bonds. The number of halogens is 2. The molecule has 0 saturated carbocycles. The van der Waals surface area contributed by atoms with Gasteiger partial charge in [0, 0.05) is 0 Å². The van der Waals surface area contributed by atoms with Gasteiger partial charge in [0.1, 0.15) is 0 Å². The molecule has 0 fully saturated rings. The average molecular weight is 477 g/mol. The Morgan fingerprint density at radius 3 is 2.28 bits per heavy atom. The maximum absolute atomic E-state index is 4.10. The summed E-state index contributed by atoms with van der Waals surface area (Å²) in [6.07, 6.45) is 9.18. The Hall–Kier alpha value is -0.869. The zero-order valence-corrected chi connectivity index (χ0v) is 21.9. The maximum Gasteiger partial charge on any atom is -1.00 e. The van der Waals surface area contributed by atoms with E-state index in [9.17, 15) is 0 Å². The largest absolute Gasteiger partial charge is 1.00 e. The first-order valence-corrected chi connectivity index (χ1v) is 17.0. The molecule has 4 rings (SSSR count). The SMILES string of the molecule is C[SiH](C)[Ti+2]([NH]C(C)(C)C)[C]1=CC(c2ccccc2)=c2cc3c(cc21)=CC=C3.[Cl-].[Cl-]. The van der Waals surface area contributed by atoms with Gasteiger partial charge in [-0.05, 0) is 0 Å². The van der Waals surface area contributed by atoms with E-state index < -0.39 is 24.0 Å². The quantitative estimate of drug-likeness (QED) is 0.501. The molecule has 1 N–H and O–H groups in total. The van der Waals surface area contributed by atoms with Crippen LogP contribution in [-0.2, 0) is 17.4 Å². The Balaban J connectivity index is 0.00000150. The standard InChI is InChI=1S/C18H11.C4H10N.C2H7Si.2ClH.Ti/c1-2-5-13(6-3-1)17-10-9-16-11-14-7-4-8-15(14)12-18(16)17;1-4(2,3)5;1-3-2;;;/h1-8,10-12H;5H,1-3H3;3H,1-2H3;2*1H;/q;-1;;;;+3/p-2. The summed E-state index contributed by atoms with van der Waals surface area (Å²) in [6, 6.07) is 15.8. The summed E-state index contributed by atoms with van der Waals surface area (Å²) in [6.45, 7) is 11.2. The molecule has 0 radical (unpaired) electrons. The van der Waals surface area contributed by atoms with Gasteiger partial charge in [-0.2, -0.15) is 0 Å². The molecule has 2 aliphatic carbocycles. The Labute approximate surface area is 194 Å². The van der Waals surface area contributed by atoms with E-state index in [-0.39, 0.29) is 30.4 Å². The third-order valence-corrected chi connectivity index (χ3v) is 16.7. The van der Waals surface area contributed by atoms with Crippen LogP contribution in [0.4, 0.5) is 0 Å². The zero-order chi connectivity index (χ0) is 19.2. The monoisotopic (exact) mass is 476 g/mol. The Bertz CT molecular complexity index is 1070. The molecule has 0 heterocycles. The van der Waals surface area contributed by atoms with Gasteiger partial charge >= 0.3 is 171 Å². The van der Waals surface area contributed by atoms with Gasteiger partial charge in [-0.3, -0.25) is 0 Å². The van der Waals surface area contributed by atoms with Crippen LogP contribution >= 0.6 is 0 Å². The number of benzene rings is 2. The topological polar surface area (TPSA) is 12.0 Å². The van der Waals surface area contributed by atoms with Crippen molar-refractivity contribution in [3.8, 4) is 0 Å². The summed E-state index contributed by atoms with van der Waals surface area (Å²) in [5.74, 6) is 0. The summed E-state index contributed by atoms with van der Waals surface area (Å²) in [4.78, 5) is 0. The fraction of sp³-hybridized carbons (Fsp3) is 0.250. The summed E-state index contributed by atoms with van der Waals surface area (Å²) >= 11 is -1.55. The van der Waals surface area contributed by atoms with Gasteiger partial charge in [0.2, 0.25) is 0 Å². The summed E-state index contributed by atoms with van der Waals surface area (Å²) in [5.41, 5.74) is 5.75. The normalized spacial score (nSPS) is 13.9. The van der Waals surface area contributed by atoms with Gasteiger partial charge in [0.05, 0.1) is 0 Å². The van der Waals surface area contributed by atoms with Crippen LogP contribution in [0.5, 0.6) is 0 Å². The van der Waals surface area contributed by atoms with Crippen LogP contribution < -0.4 is 39.1 Å². The van der Waals surface area contributed by atoms with E-state index >= 15 is 0 Å². The predicted molar refractivity (Wildman–Crippen MR) is 118 cm³/mol. The van der Waals surface area contributed by atoms with Crippen LogP contribution in [0, 0.1) is 0 Å². The molecule has 1 nitrogen and oxygen atoms in total. The maximum atomic E-state index is 4.10. The predicted octanol–water partition coefficient (Wildman–Crippen LogP) is -2.04. The van der Waals surface area contributed by atoms with Crippen molar-refractivity contribution in [3.63, 3.8) is 0 Å². The van der Waals surface area contributed by atoms with Crippen LogP contribution in [0.15, 0.2) is 54.6 Å². The molecule has 0 aliphatic heterocycles. The van der Waals surface area contributed by atoms with E-state index in [2.05, 4.69) is 104 Å². The number of nitrogens with one attached hydrogen (secondary N) is 1. The van der Waals surface area contributed by atoms with Crippen molar-refractivity contribution in [3.05, 3.63) is 81.7 Å². The molecule has 5 heteroatoms. The minimum absolute atomic E-state index is 0. The number of rotatable bonds is 4. The molecule has 29 heavy (non-hydrogen) atoms. The molecule has 0 bridgehead atoms. The first kappa shape index (κ1) is 24.4. The number of fused-ring (bicyclic) bond motifs is 2. The summed E-state index contributed by atoms with van der Waals surface area (Å²) in [7, 11) is 0. The second kappa shape index (κ2) is 9.51. The second-order valence-electron chi connectivity index (χ2n) is 8.83. The molecular weight excluding hydrogens is 449 g/mol. The third-order valence-electron chi connectivity index (χ3n) is 5.11. The number of hydrogen-bond acceptors (Lipinski definition) is 1. The Morgan fingerprint density at radius 2 is 1.66 bits per heavy atom. The summed E-state index contributed by atoms with van der Waals surface area (Å²) in [5, 5.41) is 2.79. The minimum atomic E-state index is -1.55. The average Bonchev–Trinajstić information content (AvgIpc) is 3.21. The Kier molecular flexibility index (Phi) is 8.00. The molecule has 2 aliphatic rings. The van der Waals surface area contributed by atoms with Crippen molar-refractivity contribution in [1.82, 2.24) is 3.80 Å². The van der Waals surface area contributed by atoms with E-state index in [1.165, 1.54) is 32.7 Å². The van der Waals surface area contributed by atoms with Crippen molar-refractivity contribution >= 4 is 28.3 Å². The van der Waals surface area contributed by atoms with Crippen molar-refractivity contribution in [1.29, 1.82) is 0 Å². The van der Waals surface area contributed by atoms with Crippen molar-refractivity contribution < 1.29 is 42.2 Å². The van der Waals surface area contributed by atoms with E-state index in [0.29, 0.717) is 0 Å². The van der Waals surface area contributed by atoms with Gasteiger partial charge in [-0.25, -0.2) is 0 Å². The van der Waals surface area contributed by atoms with Gasteiger partial charge in [0.25, 0.3) is 0 Å². The van der Waals surface area contributed by atoms with Crippen molar-refractivity contribution in [2.24, 2.45) is 0 Å². The third kappa shape index (κ3) is 5.07. The number of hydrogen-bond donors (Lipinski definition) is 1. The minimum Gasteiger partial charge on any atom is -1.00 e. The first-order valence-electron chi connectivity index (χ1n) is 9.83. The van der Waals surface area contributed by atoms with E-state index in [4.69, 9.17) is 0 Å². The van der Waals surface area contributed by atoms with Crippen LogP contribution in [0.1, 0.15) is 37.5 Å². The van der Waals surface area contributed by atoms with Gasteiger partial charge in [0.15, 0.2) is 0 Å². The van der Waals surface area contributed by atoms with E-state index in [0.717, 1.165) is 0 Å². The van der Waals surface area contributed by atoms with Gasteiger partial charge in [-0.1, -0.05) is 0 Å². The molecule has 2 aromatic carbocycles. The zero-order valence-electron chi connectivity index (χ0n) is 17.7. The first-order chi connectivity index (χ1) is 12.8. The fourth-order valence-electron chi connectivity index (χ4n) is 3.93. The fourth-order valence-corrected chi connectivity index (χ4v) is 14.6. The van der Waals surface area contributed by atoms with Gasteiger partial charge < -0.3 is 24.8 Å². The van der Waals surface area contributed by atoms with E-state index in [1.807, 2.05) is 0 Å².